The molecule has 0 bridgehead atoms. The van der Waals surface area contributed by atoms with Crippen molar-refractivity contribution in [2.45, 2.75) is 32.0 Å². The molecule has 0 spiro atoms. The predicted octanol–water partition coefficient (Wildman–Crippen LogP) is 0.663. The highest BCUT2D eigenvalue weighted by molar-refractivity contribution is 4.73. The highest BCUT2D eigenvalue weighted by Crippen LogP contribution is 2.22. The molecule has 0 radical (unpaired) electrons. The van der Waals surface area contributed by atoms with E-state index in [1.165, 1.54) is 12.8 Å². The molecule has 0 aromatic rings. The summed E-state index contributed by atoms with van der Waals surface area (Å²) in [6.07, 6.45) is 3.94. The normalized spacial score (nSPS) is 27.2. The van der Waals surface area contributed by atoms with E-state index in [-0.39, 0.29) is 0 Å². The zero-order valence-corrected chi connectivity index (χ0v) is 10.9. The van der Waals surface area contributed by atoms with Crippen LogP contribution in [-0.2, 0) is 4.74 Å². The summed E-state index contributed by atoms with van der Waals surface area (Å²) >= 11 is 0. The van der Waals surface area contributed by atoms with Crippen LogP contribution in [0, 0.1) is 11.8 Å². The number of aliphatic hydroxyl groups is 1. The van der Waals surface area contributed by atoms with Crippen LogP contribution in [0.15, 0.2) is 0 Å². The number of nitrogens with zero attached hydrogens (tertiary/aromatic N) is 1. The molecule has 100 valence electrons. The van der Waals surface area contributed by atoms with E-state index in [4.69, 9.17) is 4.74 Å². The molecule has 0 saturated carbocycles. The van der Waals surface area contributed by atoms with Crippen molar-refractivity contribution in [1.82, 2.24) is 10.2 Å². The van der Waals surface area contributed by atoms with Gasteiger partial charge in [-0.15, -0.1) is 0 Å². The summed E-state index contributed by atoms with van der Waals surface area (Å²) in [5.41, 5.74) is 0. The first kappa shape index (κ1) is 13.3. The summed E-state index contributed by atoms with van der Waals surface area (Å²) in [5.74, 6) is 0.977. The highest BCUT2D eigenvalue weighted by atomic mass is 16.6. The van der Waals surface area contributed by atoms with Crippen molar-refractivity contribution >= 4 is 0 Å². The first-order chi connectivity index (χ1) is 8.25. The minimum Gasteiger partial charge on any atom is -0.368 e. The fourth-order valence-corrected chi connectivity index (χ4v) is 2.73. The van der Waals surface area contributed by atoms with Crippen LogP contribution in [0.25, 0.3) is 0 Å². The van der Waals surface area contributed by atoms with E-state index in [1.54, 1.807) is 0 Å². The average Bonchev–Trinajstić information content (AvgIpc) is 2.38. The molecule has 2 fully saturated rings. The van der Waals surface area contributed by atoms with Gasteiger partial charge in [-0.25, -0.2) is 0 Å². The fourth-order valence-electron chi connectivity index (χ4n) is 2.73. The lowest BCUT2D eigenvalue weighted by Crippen LogP contribution is -2.38. The van der Waals surface area contributed by atoms with Crippen molar-refractivity contribution in [3.05, 3.63) is 0 Å². The molecule has 2 N–H and O–H groups in total. The Hall–Kier alpha value is -0.160. The van der Waals surface area contributed by atoms with Crippen LogP contribution in [0.4, 0.5) is 0 Å². The Balaban J connectivity index is 1.64. The Bertz CT molecular complexity index is 211. The van der Waals surface area contributed by atoms with Crippen molar-refractivity contribution in [3.63, 3.8) is 0 Å². The quantitative estimate of drug-likeness (QED) is 0.711. The lowest BCUT2D eigenvalue weighted by Gasteiger charge is -2.32. The standard InChI is InChI=1S/C13H26N2O2/c1-15-8-4-12(5-9-15)13(16)17-10-11-2-6-14-7-3-11/h11-14,16H,2-10H2,1H3. The molecule has 2 heterocycles. The summed E-state index contributed by atoms with van der Waals surface area (Å²) in [6.45, 7) is 5.09. The molecule has 1 unspecified atom stereocenters. The summed E-state index contributed by atoms with van der Waals surface area (Å²) in [4.78, 5) is 2.32. The van der Waals surface area contributed by atoms with E-state index >= 15 is 0 Å². The monoisotopic (exact) mass is 242 g/mol. The molecule has 0 aromatic heterocycles. The van der Waals surface area contributed by atoms with Gasteiger partial charge in [-0.1, -0.05) is 0 Å². The van der Waals surface area contributed by atoms with Crippen LogP contribution in [0.5, 0.6) is 0 Å². The smallest absolute Gasteiger partial charge is 0.157 e. The summed E-state index contributed by atoms with van der Waals surface area (Å²) in [5, 5.41) is 13.4. The number of piperidine rings is 2. The van der Waals surface area contributed by atoms with Gasteiger partial charge in [0.2, 0.25) is 0 Å². The first-order valence-electron chi connectivity index (χ1n) is 6.94. The number of aliphatic hydroxyl groups excluding tert-OH is 1. The second-order valence-corrected chi connectivity index (χ2v) is 5.56. The zero-order valence-electron chi connectivity index (χ0n) is 10.9. The first-order valence-corrected chi connectivity index (χ1v) is 6.94. The van der Waals surface area contributed by atoms with E-state index in [2.05, 4.69) is 17.3 Å². The molecule has 0 amide bonds. The maximum atomic E-state index is 10.0. The van der Waals surface area contributed by atoms with Gasteiger partial charge in [0.1, 0.15) is 0 Å². The Labute approximate surface area is 104 Å². The van der Waals surface area contributed by atoms with Gasteiger partial charge in [0.25, 0.3) is 0 Å². The van der Waals surface area contributed by atoms with E-state index in [0.29, 0.717) is 11.8 Å². The van der Waals surface area contributed by atoms with Crippen molar-refractivity contribution in [2.75, 3.05) is 39.8 Å². The minimum atomic E-state index is -0.543. The number of likely N-dealkylation sites (tertiary alicyclic amines) is 1. The number of nitrogens with one attached hydrogen (secondary N) is 1. The van der Waals surface area contributed by atoms with Crippen LogP contribution < -0.4 is 5.32 Å². The van der Waals surface area contributed by atoms with Gasteiger partial charge in [-0.2, -0.15) is 0 Å². The van der Waals surface area contributed by atoms with Gasteiger partial charge in [-0.05, 0) is 64.8 Å². The zero-order chi connectivity index (χ0) is 12.1. The van der Waals surface area contributed by atoms with Gasteiger partial charge >= 0.3 is 0 Å². The number of ether oxygens (including phenoxy) is 1. The second kappa shape index (κ2) is 6.69. The van der Waals surface area contributed by atoms with Gasteiger partial charge in [0.05, 0.1) is 6.61 Å². The lowest BCUT2D eigenvalue weighted by atomic mass is 9.96. The maximum absolute atomic E-state index is 10.0. The van der Waals surface area contributed by atoms with Gasteiger partial charge in [-0.3, -0.25) is 0 Å². The molecule has 0 aliphatic carbocycles. The molecular formula is C13H26N2O2. The molecule has 0 aromatic carbocycles. The molecule has 1 atom stereocenters. The van der Waals surface area contributed by atoms with Crippen molar-refractivity contribution in [1.29, 1.82) is 0 Å². The van der Waals surface area contributed by atoms with E-state index < -0.39 is 6.29 Å². The Morgan fingerprint density at radius 2 is 1.88 bits per heavy atom. The molecule has 2 saturated heterocycles. The predicted molar refractivity (Wildman–Crippen MR) is 67.8 cm³/mol. The maximum Gasteiger partial charge on any atom is 0.157 e. The Kier molecular flexibility index (Phi) is 5.22. The Morgan fingerprint density at radius 3 is 2.53 bits per heavy atom. The number of hydrogen-bond acceptors (Lipinski definition) is 4. The molecule has 17 heavy (non-hydrogen) atoms. The molecule has 2 rings (SSSR count). The number of rotatable bonds is 4. The summed E-state index contributed by atoms with van der Waals surface area (Å²) in [6, 6.07) is 0. The topological polar surface area (TPSA) is 44.7 Å². The van der Waals surface area contributed by atoms with E-state index in [0.717, 1.165) is 45.6 Å². The van der Waals surface area contributed by atoms with Crippen LogP contribution in [0.1, 0.15) is 25.7 Å². The van der Waals surface area contributed by atoms with E-state index in [9.17, 15) is 5.11 Å². The van der Waals surface area contributed by atoms with Gasteiger partial charge in [0, 0.05) is 5.92 Å². The minimum absolute atomic E-state index is 0.341. The third-order valence-electron chi connectivity index (χ3n) is 4.13. The van der Waals surface area contributed by atoms with Crippen molar-refractivity contribution in [2.24, 2.45) is 11.8 Å². The van der Waals surface area contributed by atoms with Crippen LogP contribution in [0.2, 0.25) is 0 Å². The van der Waals surface area contributed by atoms with Crippen LogP contribution in [0.3, 0.4) is 0 Å². The molecule has 4 nitrogen and oxygen atoms in total. The van der Waals surface area contributed by atoms with Crippen molar-refractivity contribution in [3.8, 4) is 0 Å². The van der Waals surface area contributed by atoms with Crippen LogP contribution in [-0.4, -0.2) is 56.1 Å². The second-order valence-electron chi connectivity index (χ2n) is 5.56. The fraction of sp³-hybridized carbons (Fsp3) is 1.00. The SMILES string of the molecule is CN1CCC(C(O)OCC2CCNCC2)CC1. The van der Waals surface area contributed by atoms with Crippen LogP contribution >= 0.6 is 0 Å². The molecule has 2 aliphatic heterocycles. The lowest BCUT2D eigenvalue weighted by molar-refractivity contribution is -0.152. The van der Waals surface area contributed by atoms with Gasteiger partial charge in [0.15, 0.2) is 6.29 Å². The molecule has 2 aliphatic rings. The van der Waals surface area contributed by atoms with Crippen molar-refractivity contribution < 1.29 is 9.84 Å². The summed E-state index contributed by atoms with van der Waals surface area (Å²) < 4.78 is 5.67. The third kappa shape index (κ3) is 4.21. The highest BCUT2D eigenvalue weighted by Gasteiger charge is 2.25. The van der Waals surface area contributed by atoms with Gasteiger partial charge < -0.3 is 20.1 Å². The largest absolute Gasteiger partial charge is 0.368 e. The van der Waals surface area contributed by atoms with E-state index in [1.807, 2.05) is 0 Å². The average molecular weight is 242 g/mol. The molecular weight excluding hydrogens is 216 g/mol. The Morgan fingerprint density at radius 1 is 1.24 bits per heavy atom. The summed E-state index contributed by atoms with van der Waals surface area (Å²) in [7, 11) is 2.14. The molecule has 4 heteroatoms. The number of hydrogen-bond donors (Lipinski definition) is 2. The third-order valence-corrected chi connectivity index (χ3v) is 4.13.